The Hall–Kier alpha value is -0.570. The first-order valence-electron chi connectivity index (χ1n) is 7.76. The summed E-state index contributed by atoms with van der Waals surface area (Å²) in [5.74, 6) is 3.96. The Bertz CT molecular complexity index is 314. The van der Waals surface area contributed by atoms with E-state index in [-0.39, 0.29) is 11.9 Å². The summed E-state index contributed by atoms with van der Waals surface area (Å²) in [5, 5.41) is 6.59. The fourth-order valence-corrected chi connectivity index (χ4v) is 4.45. The minimum Gasteiger partial charge on any atom is -0.355 e. The van der Waals surface area contributed by atoms with E-state index in [0.29, 0.717) is 6.04 Å². The van der Waals surface area contributed by atoms with Gasteiger partial charge in [-0.05, 0) is 56.3 Å². The van der Waals surface area contributed by atoms with Crippen LogP contribution in [0.25, 0.3) is 0 Å². The lowest BCUT2D eigenvalue weighted by Gasteiger charge is -2.16. The summed E-state index contributed by atoms with van der Waals surface area (Å²) in [7, 11) is 0. The van der Waals surface area contributed by atoms with Crippen LogP contribution in [0, 0.1) is 23.7 Å². The van der Waals surface area contributed by atoms with Gasteiger partial charge in [-0.25, -0.2) is 0 Å². The summed E-state index contributed by atoms with van der Waals surface area (Å²) < 4.78 is 0. The number of hydrogen-bond donors (Lipinski definition) is 2. The molecule has 2 N–H and O–H groups in total. The monoisotopic (exact) mass is 250 g/mol. The third-order valence-corrected chi connectivity index (χ3v) is 5.40. The van der Waals surface area contributed by atoms with Crippen LogP contribution in [-0.4, -0.2) is 24.5 Å². The van der Waals surface area contributed by atoms with Gasteiger partial charge in [0.2, 0.25) is 5.91 Å². The molecular formula is C15H26N2O. The number of nitrogens with one attached hydrogen (secondary N) is 2. The molecule has 3 aliphatic carbocycles. The van der Waals surface area contributed by atoms with Crippen molar-refractivity contribution < 1.29 is 4.79 Å². The van der Waals surface area contributed by atoms with E-state index in [4.69, 9.17) is 0 Å². The van der Waals surface area contributed by atoms with Gasteiger partial charge in [0.05, 0.1) is 6.04 Å². The van der Waals surface area contributed by atoms with Gasteiger partial charge in [-0.1, -0.05) is 13.3 Å². The van der Waals surface area contributed by atoms with Crippen molar-refractivity contribution in [1.82, 2.24) is 10.6 Å². The van der Waals surface area contributed by atoms with Crippen molar-refractivity contribution in [2.24, 2.45) is 23.7 Å². The number of amides is 1. The molecule has 0 aromatic carbocycles. The number of unbranched alkanes of at least 4 members (excludes halogenated alkanes) is 1. The Morgan fingerprint density at radius 3 is 2.56 bits per heavy atom. The van der Waals surface area contributed by atoms with Gasteiger partial charge in [0.15, 0.2) is 0 Å². The Morgan fingerprint density at radius 2 is 1.94 bits per heavy atom. The average Bonchev–Trinajstić information content (AvgIpc) is 2.76. The summed E-state index contributed by atoms with van der Waals surface area (Å²) in [6.07, 6.45) is 6.59. The topological polar surface area (TPSA) is 41.1 Å². The van der Waals surface area contributed by atoms with Crippen molar-refractivity contribution >= 4 is 5.91 Å². The third kappa shape index (κ3) is 2.07. The van der Waals surface area contributed by atoms with Gasteiger partial charge in [-0.3, -0.25) is 4.79 Å². The molecule has 3 fully saturated rings. The Morgan fingerprint density at radius 1 is 1.28 bits per heavy atom. The van der Waals surface area contributed by atoms with Crippen LogP contribution >= 0.6 is 0 Å². The normalized spacial score (nSPS) is 41.6. The highest BCUT2D eigenvalue weighted by atomic mass is 16.2. The van der Waals surface area contributed by atoms with E-state index in [1.54, 1.807) is 0 Å². The number of carbonyl (C=O) groups is 1. The summed E-state index contributed by atoms with van der Waals surface area (Å²) in [6, 6.07) is 0.639. The Labute approximate surface area is 110 Å². The lowest BCUT2D eigenvalue weighted by Crippen LogP contribution is -2.44. The zero-order valence-electron chi connectivity index (χ0n) is 11.6. The number of rotatable bonds is 6. The predicted octanol–water partition coefficient (Wildman–Crippen LogP) is 1.93. The second-order valence-electron chi connectivity index (χ2n) is 6.55. The van der Waals surface area contributed by atoms with Crippen LogP contribution < -0.4 is 10.6 Å². The molecule has 102 valence electrons. The van der Waals surface area contributed by atoms with Crippen LogP contribution in [0.15, 0.2) is 0 Å². The SMILES string of the molecule is CCCCNC(=O)C(C)NC1C2C3CCC(C3)C12. The average molecular weight is 250 g/mol. The van der Waals surface area contributed by atoms with E-state index in [1.807, 2.05) is 6.92 Å². The summed E-state index contributed by atoms with van der Waals surface area (Å²) in [6.45, 7) is 4.98. The first-order valence-corrected chi connectivity index (χ1v) is 7.76. The van der Waals surface area contributed by atoms with Crippen LogP contribution in [0.5, 0.6) is 0 Å². The van der Waals surface area contributed by atoms with Crippen LogP contribution in [-0.2, 0) is 4.79 Å². The van der Waals surface area contributed by atoms with Crippen molar-refractivity contribution in [2.75, 3.05) is 6.54 Å². The molecule has 2 bridgehead atoms. The summed E-state index contributed by atoms with van der Waals surface area (Å²) >= 11 is 0. The maximum atomic E-state index is 11.9. The van der Waals surface area contributed by atoms with E-state index in [2.05, 4.69) is 17.6 Å². The van der Waals surface area contributed by atoms with E-state index >= 15 is 0 Å². The first-order chi connectivity index (χ1) is 8.72. The van der Waals surface area contributed by atoms with Gasteiger partial charge >= 0.3 is 0 Å². The maximum Gasteiger partial charge on any atom is 0.236 e. The van der Waals surface area contributed by atoms with Crippen molar-refractivity contribution in [3.8, 4) is 0 Å². The zero-order valence-corrected chi connectivity index (χ0v) is 11.6. The van der Waals surface area contributed by atoms with Crippen molar-refractivity contribution in [3.63, 3.8) is 0 Å². The third-order valence-electron chi connectivity index (χ3n) is 5.40. The van der Waals surface area contributed by atoms with Gasteiger partial charge < -0.3 is 10.6 Å². The second-order valence-corrected chi connectivity index (χ2v) is 6.55. The molecule has 3 saturated carbocycles. The molecule has 18 heavy (non-hydrogen) atoms. The Balaban J connectivity index is 1.43. The molecule has 0 saturated heterocycles. The highest BCUT2D eigenvalue weighted by Gasteiger charge is 2.65. The molecular weight excluding hydrogens is 224 g/mol. The lowest BCUT2D eigenvalue weighted by atomic mass is 10.0. The largest absolute Gasteiger partial charge is 0.355 e. The second kappa shape index (κ2) is 4.84. The number of hydrogen-bond acceptors (Lipinski definition) is 2. The molecule has 3 nitrogen and oxygen atoms in total. The summed E-state index contributed by atoms with van der Waals surface area (Å²) in [5.41, 5.74) is 0. The quantitative estimate of drug-likeness (QED) is 0.707. The van der Waals surface area contributed by atoms with E-state index in [9.17, 15) is 4.79 Å². The van der Waals surface area contributed by atoms with E-state index in [0.717, 1.165) is 43.1 Å². The van der Waals surface area contributed by atoms with Gasteiger partial charge in [-0.15, -0.1) is 0 Å². The molecule has 3 heteroatoms. The standard InChI is InChI=1S/C15H26N2O/c1-3-4-7-16-15(18)9(2)17-14-12-10-5-6-11(8-10)13(12)14/h9-14,17H,3-8H2,1-2H3,(H,16,18). The molecule has 1 amide bonds. The highest BCUT2D eigenvalue weighted by Crippen LogP contribution is 2.65. The van der Waals surface area contributed by atoms with E-state index in [1.165, 1.54) is 19.3 Å². The highest BCUT2D eigenvalue weighted by molar-refractivity contribution is 5.81. The van der Waals surface area contributed by atoms with Crippen molar-refractivity contribution in [2.45, 2.75) is 58.0 Å². The minimum atomic E-state index is -0.0168. The van der Waals surface area contributed by atoms with Crippen LogP contribution in [0.2, 0.25) is 0 Å². The van der Waals surface area contributed by atoms with Crippen LogP contribution in [0.4, 0.5) is 0 Å². The number of fused-ring (bicyclic) bond motifs is 5. The molecule has 5 atom stereocenters. The van der Waals surface area contributed by atoms with Crippen LogP contribution in [0.3, 0.4) is 0 Å². The summed E-state index contributed by atoms with van der Waals surface area (Å²) in [4.78, 5) is 11.9. The molecule has 0 aromatic heterocycles. The molecule has 0 aliphatic heterocycles. The van der Waals surface area contributed by atoms with Gasteiger partial charge in [0.25, 0.3) is 0 Å². The lowest BCUT2D eigenvalue weighted by molar-refractivity contribution is -0.122. The molecule has 0 radical (unpaired) electrons. The molecule has 0 heterocycles. The van der Waals surface area contributed by atoms with Crippen molar-refractivity contribution in [1.29, 1.82) is 0 Å². The molecule has 3 rings (SSSR count). The maximum absolute atomic E-state index is 11.9. The molecule has 0 aromatic rings. The smallest absolute Gasteiger partial charge is 0.236 e. The number of carbonyl (C=O) groups excluding carboxylic acids is 1. The fraction of sp³-hybridized carbons (Fsp3) is 0.933. The minimum absolute atomic E-state index is 0.0168. The zero-order chi connectivity index (χ0) is 12.7. The Kier molecular flexibility index (Phi) is 3.35. The first kappa shape index (κ1) is 12.5. The van der Waals surface area contributed by atoms with Gasteiger partial charge in [0.1, 0.15) is 0 Å². The van der Waals surface area contributed by atoms with Crippen LogP contribution in [0.1, 0.15) is 46.0 Å². The van der Waals surface area contributed by atoms with Gasteiger partial charge in [0, 0.05) is 12.6 Å². The fourth-order valence-electron chi connectivity index (χ4n) is 4.45. The van der Waals surface area contributed by atoms with E-state index < -0.39 is 0 Å². The molecule has 0 spiro atoms. The van der Waals surface area contributed by atoms with Gasteiger partial charge in [-0.2, -0.15) is 0 Å². The predicted molar refractivity (Wildman–Crippen MR) is 72.1 cm³/mol. The van der Waals surface area contributed by atoms with Crippen molar-refractivity contribution in [3.05, 3.63) is 0 Å². The molecule has 3 aliphatic rings. The molecule has 5 unspecified atom stereocenters.